The highest BCUT2D eigenvalue weighted by atomic mass is 35.5. The molecule has 2 atom stereocenters. The third-order valence-electron chi connectivity index (χ3n) is 4.74. The van der Waals surface area contributed by atoms with Crippen LogP contribution in [0.5, 0.6) is 0 Å². The van der Waals surface area contributed by atoms with Gasteiger partial charge in [0, 0.05) is 22.5 Å². The zero-order chi connectivity index (χ0) is 18.7. The number of amides is 2. The van der Waals surface area contributed by atoms with Crippen LogP contribution in [0.3, 0.4) is 0 Å². The van der Waals surface area contributed by atoms with Crippen LogP contribution in [0.25, 0.3) is 0 Å². The fraction of sp³-hybridized carbons (Fsp3) is 0.421. The standard InChI is InChI=1S/C19H22ClN3O2S/c1-12-4-3-5-13(2)23(12)19(25)16-8-14(20)6-7-17(16)22-18(24)9-15-10-26-11-21-15/h6-8,10-13H,3-5,9H2,1-2H3,(H,22,24). The van der Waals surface area contributed by atoms with Gasteiger partial charge in [-0.15, -0.1) is 11.3 Å². The molecule has 0 saturated carbocycles. The third-order valence-corrected chi connectivity index (χ3v) is 5.61. The Morgan fingerprint density at radius 2 is 2.04 bits per heavy atom. The van der Waals surface area contributed by atoms with E-state index < -0.39 is 0 Å². The summed E-state index contributed by atoms with van der Waals surface area (Å²) in [6, 6.07) is 5.34. The van der Waals surface area contributed by atoms with E-state index in [1.807, 2.05) is 10.3 Å². The number of halogens is 1. The lowest BCUT2D eigenvalue weighted by molar-refractivity contribution is -0.115. The minimum absolute atomic E-state index is 0.0869. The summed E-state index contributed by atoms with van der Waals surface area (Å²) in [7, 11) is 0. The SMILES string of the molecule is CC1CCCC(C)N1C(=O)c1cc(Cl)ccc1NC(=O)Cc1cscn1. The number of hydrogen-bond donors (Lipinski definition) is 1. The van der Waals surface area contributed by atoms with Gasteiger partial charge in [0.15, 0.2) is 0 Å². The number of rotatable bonds is 4. The fourth-order valence-electron chi connectivity index (χ4n) is 3.45. The molecule has 2 unspecified atom stereocenters. The molecule has 1 aliphatic rings. The smallest absolute Gasteiger partial charge is 0.256 e. The van der Waals surface area contributed by atoms with Crippen molar-refractivity contribution in [3.63, 3.8) is 0 Å². The van der Waals surface area contributed by atoms with Crippen molar-refractivity contribution in [2.24, 2.45) is 0 Å². The summed E-state index contributed by atoms with van der Waals surface area (Å²) >= 11 is 7.58. The average molecular weight is 392 g/mol. The first-order chi connectivity index (χ1) is 12.5. The van der Waals surface area contributed by atoms with E-state index in [1.165, 1.54) is 11.3 Å². The summed E-state index contributed by atoms with van der Waals surface area (Å²) in [5, 5.41) is 5.16. The first kappa shape index (κ1) is 18.9. The molecular weight excluding hydrogens is 370 g/mol. The predicted molar refractivity (Wildman–Crippen MR) is 105 cm³/mol. The second-order valence-corrected chi connectivity index (χ2v) is 7.89. The molecule has 2 amide bonds. The molecule has 26 heavy (non-hydrogen) atoms. The number of thiazole rings is 1. The number of nitrogens with zero attached hydrogens (tertiary/aromatic N) is 2. The van der Waals surface area contributed by atoms with Crippen LogP contribution in [0.2, 0.25) is 5.02 Å². The molecule has 1 saturated heterocycles. The Morgan fingerprint density at radius 3 is 2.69 bits per heavy atom. The molecule has 7 heteroatoms. The molecule has 2 heterocycles. The van der Waals surface area contributed by atoms with Crippen molar-refractivity contribution >= 4 is 40.4 Å². The maximum absolute atomic E-state index is 13.2. The highest BCUT2D eigenvalue weighted by Crippen LogP contribution is 2.28. The van der Waals surface area contributed by atoms with Crippen LogP contribution in [0.1, 0.15) is 49.2 Å². The molecule has 1 aromatic heterocycles. The molecule has 0 radical (unpaired) electrons. The van der Waals surface area contributed by atoms with Crippen molar-refractivity contribution < 1.29 is 9.59 Å². The Balaban J connectivity index is 1.83. The van der Waals surface area contributed by atoms with Gasteiger partial charge in [-0.1, -0.05) is 11.6 Å². The van der Waals surface area contributed by atoms with E-state index in [0.717, 1.165) is 19.3 Å². The van der Waals surface area contributed by atoms with Gasteiger partial charge in [-0.3, -0.25) is 9.59 Å². The van der Waals surface area contributed by atoms with Crippen molar-refractivity contribution in [2.75, 3.05) is 5.32 Å². The zero-order valence-electron chi connectivity index (χ0n) is 14.9. The van der Waals surface area contributed by atoms with E-state index in [4.69, 9.17) is 11.6 Å². The van der Waals surface area contributed by atoms with Crippen LogP contribution in [0, 0.1) is 0 Å². The van der Waals surface area contributed by atoms with E-state index in [1.54, 1.807) is 23.7 Å². The van der Waals surface area contributed by atoms with Gasteiger partial charge in [-0.05, 0) is 51.3 Å². The van der Waals surface area contributed by atoms with E-state index in [2.05, 4.69) is 24.1 Å². The summed E-state index contributed by atoms with van der Waals surface area (Å²) < 4.78 is 0. The number of benzene rings is 1. The molecule has 1 fully saturated rings. The van der Waals surface area contributed by atoms with E-state index in [-0.39, 0.29) is 30.3 Å². The fourth-order valence-corrected chi connectivity index (χ4v) is 4.18. The van der Waals surface area contributed by atoms with Crippen LogP contribution in [0.15, 0.2) is 29.1 Å². The Kier molecular flexibility index (Phi) is 5.94. The lowest BCUT2D eigenvalue weighted by Gasteiger charge is -2.39. The largest absolute Gasteiger partial charge is 0.333 e. The van der Waals surface area contributed by atoms with Crippen LogP contribution in [-0.2, 0) is 11.2 Å². The van der Waals surface area contributed by atoms with Gasteiger partial charge < -0.3 is 10.2 Å². The number of carbonyl (C=O) groups excluding carboxylic acids is 2. The van der Waals surface area contributed by atoms with Crippen molar-refractivity contribution in [3.05, 3.63) is 45.4 Å². The summed E-state index contributed by atoms with van der Waals surface area (Å²) in [6.45, 7) is 4.14. The van der Waals surface area contributed by atoms with Gasteiger partial charge in [0.2, 0.25) is 5.91 Å². The quantitative estimate of drug-likeness (QED) is 0.841. The summed E-state index contributed by atoms with van der Waals surface area (Å²) in [5.74, 6) is -0.289. The number of piperidine rings is 1. The van der Waals surface area contributed by atoms with Gasteiger partial charge in [-0.25, -0.2) is 4.98 Å². The maximum Gasteiger partial charge on any atom is 0.256 e. The van der Waals surface area contributed by atoms with E-state index in [9.17, 15) is 9.59 Å². The van der Waals surface area contributed by atoms with Crippen molar-refractivity contribution in [1.82, 2.24) is 9.88 Å². The first-order valence-electron chi connectivity index (χ1n) is 8.75. The van der Waals surface area contributed by atoms with E-state index in [0.29, 0.717) is 22.0 Å². The summed E-state index contributed by atoms with van der Waals surface area (Å²) in [5.41, 5.74) is 3.33. The number of aromatic nitrogens is 1. The molecule has 3 rings (SSSR count). The van der Waals surface area contributed by atoms with Gasteiger partial charge in [0.1, 0.15) is 0 Å². The van der Waals surface area contributed by atoms with E-state index >= 15 is 0 Å². The summed E-state index contributed by atoms with van der Waals surface area (Å²) in [6.07, 6.45) is 3.28. The molecule has 0 bridgehead atoms. The molecule has 0 spiro atoms. The molecule has 5 nitrogen and oxygen atoms in total. The maximum atomic E-state index is 13.2. The second kappa shape index (κ2) is 8.18. The van der Waals surface area contributed by atoms with Crippen molar-refractivity contribution in [3.8, 4) is 0 Å². The van der Waals surface area contributed by atoms with Gasteiger partial charge in [-0.2, -0.15) is 0 Å². The summed E-state index contributed by atoms with van der Waals surface area (Å²) in [4.78, 5) is 31.6. The molecule has 1 aromatic carbocycles. The minimum Gasteiger partial charge on any atom is -0.333 e. The number of nitrogens with one attached hydrogen (secondary N) is 1. The van der Waals surface area contributed by atoms with Gasteiger partial charge in [0.25, 0.3) is 5.91 Å². The second-order valence-electron chi connectivity index (χ2n) is 6.74. The lowest BCUT2D eigenvalue weighted by Crippen LogP contribution is -2.47. The molecule has 1 N–H and O–H groups in total. The topological polar surface area (TPSA) is 62.3 Å². The van der Waals surface area contributed by atoms with Crippen LogP contribution in [-0.4, -0.2) is 33.8 Å². The minimum atomic E-state index is -0.202. The van der Waals surface area contributed by atoms with Gasteiger partial charge in [0.05, 0.1) is 28.9 Å². The predicted octanol–water partition coefficient (Wildman–Crippen LogP) is 4.38. The Morgan fingerprint density at radius 1 is 1.31 bits per heavy atom. The number of anilines is 1. The number of hydrogen-bond acceptors (Lipinski definition) is 4. The molecule has 0 aliphatic carbocycles. The molecule has 1 aliphatic heterocycles. The van der Waals surface area contributed by atoms with Crippen molar-refractivity contribution in [1.29, 1.82) is 0 Å². The molecule has 138 valence electrons. The van der Waals surface area contributed by atoms with Crippen LogP contribution in [0.4, 0.5) is 5.69 Å². The normalized spacial score (nSPS) is 20.0. The zero-order valence-corrected chi connectivity index (χ0v) is 16.4. The first-order valence-corrected chi connectivity index (χ1v) is 10.1. The average Bonchev–Trinajstić information content (AvgIpc) is 3.09. The van der Waals surface area contributed by atoms with Gasteiger partial charge >= 0.3 is 0 Å². The molecule has 2 aromatic rings. The third kappa shape index (κ3) is 4.24. The monoisotopic (exact) mass is 391 g/mol. The van der Waals surface area contributed by atoms with Crippen molar-refractivity contribution in [2.45, 2.75) is 51.6 Å². The Labute approximate surface area is 162 Å². The number of carbonyl (C=O) groups is 2. The highest BCUT2D eigenvalue weighted by molar-refractivity contribution is 7.07. The Bertz CT molecular complexity index is 784. The van der Waals surface area contributed by atoms with Crippen LogP contribution >= 0.6 is 22.9 Å². The van der Waals surface area contributed by atoms with Crippen LogP contribution < -0.4 is 5.32 Å². The highest BCUT2D eigenvalue weighted by Gasteiger charge is 2.31. The lowest BCUT2D eigenvalue weighted by atomic mass is 9.96. The Hall–Kier alpha value is -1.92. The number of likely N-dealkylation sites (tertiary alicyclic amines) is 1. The molecular formula is C19H22ClN3O2S.